The van der Waals surface area contributed by atoms with Gasteiger partial charge in [-0.1, -0.05) is 54.1 Å². The van der Waals surface area contributed by atoms with Crippen LogP contribution >= 0.6 is 0 Å². The molecule has 2 fully saturated rings. The summed E-state index contributed by atoms with van der Waals surface area (Å²) in [5, 5.41) is 29.5. The minimum absolute atomic E-state index is 0.112. The molecule has 0 bridgehead atoms. The first-order valence-corrected chi connectivity index (χ1v) is 10.5. The Morgan fingerprint density at radius 1 is 1.21 bits per heavy atom. The Morgan fingerprint density at radius 2 is 2.00 bits per heavy atom. The van der Waals surface area contributed by atoms with E-state index in [1.807, 2.05) is 30.4 Å². The minimum atomic E-state index is -0.735. The van der Waals surface area contributed by atoms with Gasteiger partial charge in [0.25, 0.3) is 0 Å². The van der Waals surface area contributed by atoms with Crippen LogP contribution in [0.3, 0.4) is 0 Å². The van der Waals surface area contributed by atoms with Gasteiger partial charge in [0.1, 0.15) is 0 Å². The van der Waals surface area contributed by atoms with Crippen molar-refractivity contribution in [2.24, 2.45) is 17.8 Å². The molecule has 0 spiro atoms. The second kappa shape index (κ2) is 10.0. The SMILES string of the molecule is O=C(O)CCC/C=C1\C[C@@H]2C[C@@H](O)[C@H](/C=C/[C@H](O)CCc3ccccc3)[C@H]2C1. The van der Waals surface area contributed by atoms with Crippen molar-refractivity contribution in [2.75, 3.05) is 0 Å². The highest BCUT2D eigenvalue weighted by molar-refractivity contribution is 5.66. The zero-order chi connectivity index (χ0) is 19.9. The van der Waals surface area contributed by atoms with Crippen LogP contribution in [0.25, 0.3) is 0 Å². The number of carboxylic acid groups (broad SMARTS) is 1. The van der Waals surface area contributed by atoms with Crippen LogP contribution in [0.15, 0.2) is 54.1 Å². The second-order valence-corrected chi connectivity index (χ2v) is 8.34. The van der Waals surface area contributed by atoms with Crippen molar-refractivity contribution in [2.45, 2.75) is 63.6 Å². The summed E-state index contributed by atoms with van der Waals surface area (Å²) in [5.41, 5.74) is 2.64. The number of hydrogen-bond donors (Lipinski definition) is 3. The van der Waals surface area contributed by atoms with Gasteiger partial charge in [0.05, 0.1) is 12.2 Å². The highest BCUT2D eigenvalue weighted by atomic mass is 16.4. The van der Waals surface area contributed by atoms with Crippen molar-refractivity contribution in [1.29, 1.82) is 0 Å². The lowest BCUT2D eigenvalue weighted by Gasteiger charge is -2.18. The standard InChI is InChI=1S/C24H32O4/c25-20(11-10-17-6-2-1-3-7-17)12-13-21-22-15-18(8-4-5-9-24(27)28)14-19(22)16-23(21)26/h1-3,6-8,12-13,19-23,25-26H,4-5,9-11,14-16H2,(H,27,28)/b13-12+,18-8+/t19-,20-,21-,22+,23-/m1/s1. The first-order chi connectivity index (χ1) is 13.5. The summed E-state index contributed by atoms with van der Waals surface area (Å²) in [6.45, 7) is 0. The molecule has 2 aliphatic carbocycles. The molecule has 0 unspecified atom stereocenters. The van der Waals surface area contributed by atoms with Crippen LogP contribution in [0.1, 0.15) is 50.5 Å². The van der Waals surface area contributed by atoms with Crippen LogP contribution in [0.4, 0.5) is 0 Å². The Hall–Kier alpha value is -1.91. The van der Waals surface area contributed by atoms with Crippen LogP contribution < -0.4 is 0 Å². The van der Waals surface area contributed by atoms with Crippen LogP contribution in [0.5, 0.6) is 0 Å². The van der Waals surface area contributed by atoms with Crippen LogP contribution in [-0.4, -0.2) is 33.5 Å². The van der Waals surface area contributed by atoms with Crippen molar-refractivity contribution >= 4 is 5.97 Å². The fourth-order valence-electron chi connectivity index (χ4n) is 4.81. The third-order valence-electron chi connectivity index (χ3n) is 6.27. The molecule has 4 heteroatoms. The van der Waals surface area contributed by atoms with Gasteiger partial charge in [0.2, 0.25) is 0 Å². The predicted octanol–water partition coefficient (Wildman–Crippen LogP) is 4.12. The van der Waals surface area contributed by atoms with Gasteiger partial charge in [0, 0.05) is 12.3 Å². The molecule has 0 heterocycles. The molecule has 152 valence electrons. The normalized spacial score (nSPS) is 29.4. The smallest absolute Gasteiger partial charge is 0.303 e. The molecular formula is C24H32O4. The summed E-state index contributed by atoms with van der Waals surface area (Å²) in [7, 11) is 0. The number of carbonyl (C=O) groups is 1. The van der Waals surface area contributed by atoms with E-state index in [0.717, 1.165) is 32.1 Å². The zero-order valence-corrected chi connectivity index (χ0v) is 16.4. The number of aryl methyl sites for hydroxylation is 1. The quantitative estimate of drug-likeness (QED) is 0.442. The topological polar surface area (TPSA) is 77.8 Å². The van der Waals surface area contributed by atoms with Gasteiger partial charge in [-0.05, 0) is 62.3 Å². The first-order valence-electron chi connectivity index (χ1n) is 10.5. The second-order valence-electron chi connectivity index (χ2n) is 8.34. The maximum atomic E-state index is 10.6. The third kappa shape index (κ3) is 5.79. The molecule has 0 aliphatic heterocycles. The molecule has 0 radical (unpaired) electrons. The van der Waals surface area contributed by atoms with Gasteiger partial charge in [-0.25, -0.2) is 0 Å². The molecule has 3 N–H and O–H groups in total. The van der Waals surface area contributed by atoms with Gasteiger partial charge in [0.15, 0.2) is 0 Å². The van der Waals surface area contributed by atoms with Crippen LogP contribution in [0, 0.1) is 17.8 Å². The largest absolute Gasteiger partial charge is 0.481 e. The van der Waals surface area contributed by atoms with Crippen LogP contribution in [0.2, 0.25) is 0 Å². The molecule has 4 nitrogen and oxygen atoms in total. The summed E-state index contributed by atoms with van der Waals surface area (Å²) in [6.07, 6.45) is 11.4. The molecule has 0 amide bonds. The number of benzene rings is 1. The number of unbranched alkanes of at least 4 members (excludes halogenated alkanes) is 1. The molecule has 2 saturated carbocycles. The summed E-state index contributed by atoms with van der Waals surface area (Å²) in [6, 6.07) is 10.2. The summed E-state index contributed by atoms with van der Waals surface area (Å²) >= 11 is 0. The average molecular weight is 385 g/mol. The fraction of sp³-hybridized carbons (Fsp3) is 0.542. The lowest BCUT2D eigenvalue weighted by Crippen LogP contribution is -2.17. The van der Waals surface area contributed by atoms with Gasteiger partial charge in [-0.3, -0.25) is 4.79 Å². The Bertz CT molecular complexity index is 694. The Morgan fingerprint density at radius 3 is 2.75 bits per heavy atom. The van der Waals surface area contributed by atoms with E-state index in [2.05, 4.69) is 18.2 Å². The van der Waals surface area contributed by atoms with Crippen molar-refractivity contribution in [1.82, 2.24) is 0 Å². The van der Waals surface area contributed by atoms with Gasteiger partial charge >= 0.3 is 5.97 Å². The molecule has 1 aromatic rings. The molecular weight excluding hydrogens is 352 g/mol. The van der Waals surface area contributed by atoms with E-state index in [-0.39, 0.29) is 18.4 Å². The lowest BCUT2D eigenvalue weighted by atomic mass is 9.90. The number of aliphatic hydroxyl groups excluding tert-OH is 2. The number of hydrogen-bond acceptors (Lipinski definition) is 3. The molecule has 0 saturated heterocycles. The lowest BCUT2D eigenvalue weighted by molar-refractivity contribution is -0.137. The number of carboxylic acids is 1. The van der Waals surface area contributed by atoms with Gasteiger partial charge < -0.3 is 15.3 Å². The first kappa shape index (κ1) is 20.8. The van der Waals surface area contributed by atoms with Crippen molar-refractivity contribution < 1.29 is 20.1 Å². The van der Waals surface area contributed by atoms with Crippen molar-refractivity contribution in [3.63, 3.8) is 0 Å². The number of rotatable bonds is 9. The maximum absolute atomic E-state index is 10.6. The van der Waals surface area contributed by atoms with Crippen LogP contribution in [-0.2, 0) is 11.2 Å². The summed E-state index contributed by atoms with van der Waals surface area (Å²) in [5.74, 6) is 0.331. The van der Waals surface area contributed by atoms with Crippen molar-refractivity contribution in [3.8, 4) is 0 Å². The van der Waals surface area contributed by atoms with E-state index in [4.69, 9.17) is 5.11 Å². The Balaban J connectivity index is 1.49. The van der Waals surface area contributed by atoms with Crippen molar-refractivity contribution in [3.05, 3.63) is 59.7 Å². The highest BCUT2D eigenvalue weighted by Gasteiger charge is 2.44. The third-order valence-corrected chi connectivity index (χ3v) is 6.27. The minimum Gasteiger partial charge on any atom is -0.481 e. The molecule has 3 rings (SSSR count). The number of allylic oxidation sites excluding steroid dienone is 2. The fourth-order valence-corrected chi connectivity index (χ4v) is 4.81. The van der Waals surface area contributed by atoms with E-state index in [1.54, 1.807) is 0 Å². The zero-order valence-electron chi connectivity index (χ0n) is 16.4. The van der Waals surface area contributed by atoms with Gasteiger partial charge in [-0.2, -0.15) is 0 Å². The van der Waals surface area contributed by atoms with E-state index < -0.39 is 12.1 Å². The molecule has 2 aliphatic rings. The number of aliphatic hydroxyl groups is 2. The average Bonchev–Trinajstić information content (AvgIpc) is 3.19. The van der Waals surface area contributed by atoms with E-state index in [1.165, 1.54) is 11.1 Å². The summed E-state index contributed by atoms with van der Waals surface area (Å²) < 4.78 is 0. The summed E-state index contributed by atoms with van der Waals surface area (Å²) in [4.78, 5) is 10.6. The predicted molar refractivity (Wildman–Crippen MR) is 110 cm³/mol. The maximum Gasteiger partial charge on any atom is 0.303 e. The Kier molecular flexibility index (Phi) is 7.46. The Labute approximate surface area is 167 Å². The number of fused-ring (bicyclic) bond motifs is 1. The highest BCUT2D eigenvalue weighted by Crippen LogP contribution is 2.50. The molecule has 0 aromatic heterocycles. The molecule has 1 aromatic carbocycles. The molecule has 28 heavy (non-hydrogen) atoms. The molecule has 5 atom stereocenters. The van der Waals surface area contributed by atoms with E-state index in [9.17, 15) is 15.0 Å². The monoisotopic (exact) mass is 384 g/mol. The van der Waals surface area contributed by atoms with E-state index in [0.29, 0.717) is 24.7 Å². The number of aliphatic carboxylic acids is 1. The van der Waals surface area contributed by atoms with Gasteiger partial charge in [-0.15, -0.1) is 0 Å². The van der Waals surface area contributed by atoms with E-state index >= 15 is 0 Å².